The average molecular weight is 317 g/mol. The number of aliphatic imine (C=N–C) groups is 1. The lowest BCUT2D eigenvalue weighted by Gasteiger charge is -2.21. The van der Waals surface area contributed by atoms with Crippen LogP contribution in [0.4, 0.5) is 5.69 Å². The van der Waals surface area contributed by atoms with Gasteiger partial charge in [0.1, 0.15) is 5.84 Å². The lowest BCUT2D eigenvalue weighted by atomic mass is 10.1. The number of aliphatic carboxylic acids is 1. The van der Waals surface area contributed by atoms with Crippen LogP contribution in [0.25, 0.3) is 0 Å². The number of anilines is 1. The monoisotopic (exact) mass is 317 g/mol. The van der Waals surface area contributed by atoms with E-state index in [0.717, 1.165) is 36.6 Å². The molecule has 0 unspecified atom stereocenters. The van der Waals surface area contributed by atoms with Crippen LogP contribution < -0.4 is 9.64 Å². The van der Waals surface area contributed by atoms with E-state index in [1.165, 1.54) is 0 Å². The number of hydrogen-bond acceptors (Lipinski definition) is 4. The Morgan fingerprint density at radius 3 is 2.78 bits per heavy atom. The first kappa shape index (κ1) is 17.0. The molecule has 0 spiro atoms. The average Bonchev–Trinajstić information content (AvgIpc) is 2.95. The number of pyridine rings is 1. The molecule has 2 rings (SSSR count). The fraction of sp³-hybridized carbons (Fsp3) is 0.471. The van der Waals surface area contributed by atoms with Gasteiger partial charge in [0, 0.05) is 24.7 Å². The van der Waals surface area contributed by atoms with E-state index in [4.69, 9.17) is 4.74 Å². The molecule has 6 heteroatoms. The van der Waals surface area contributed by atoms with Crippen molar-refractivity contribution in [2.24, 2.45) is 4.99 Å². The third-order valence-corrected chi connectivity index (χ3v) is 3.97. The van der Waals surface area contributed by atoms with E-state index in [9.17, 15) is 9.90 Å². The standard InChI is InChI=1S/C17H23N3O3/c1-5-13(17(21)22)11(2)18-15-7-6-10-20(15)14-8-9-16(23-4)19-12(14)3/h8-9H,5-7,10H2,1-4H3,(H,21,22)/b13-11-,18-15?. The lowest BCUT2D eigenvalue weighted by Crippen LogP contribution is -2.25. The van der Waals surface area contributed by atoms with E-state index in [-0.39, 0.29) is 0 Å². The van der Waals surface area contributed by atoms with Gasteiger partial charge in [-0.3, -0.25) is 0 Å². The number of allylic oxidation sites excluding steroid dienone is 1. The first-order chi connectivity index (χ1) is 11.0. The number of aromatic nitrogens is 1. The molecule has 1 fully saturated rings. The van der Waals surface area contributed by atoms with Crippen LogP contribution in [0, 0.1) is 6.92 Å². The summed E-state index contributed by atoms with van der Waals surface area (Å²) in [5.74, 6) is 0.574. The molecular formula is C17H23N3O3. The highest BCUT2D eigenvalue weighted by atomic mass is 16.5. The molecule has 2 heterocycles. The summed E-state index contributed by atoms with van der Waals surface area (Å²) in [6.45, 7) is 6.38. The molecule has 6 nitrogen and oxygen atoms in total. The lowest BCUT2D eigenvalue weighted by molar-refractivity contribution is -0.132. The zero-order valence-electron chi connectivity index (χ0n) is 14.1. The zero-order valence-corrected chi connectivity index (χ0v) is 14.1. The van der Waals surface area contributed by atoms with Gasteiger partial charge in [-0.05, 0) is 32.8 Å². The predicted octanol–water partition coefficient (Wildman–Crippen LogP) is 3.17. The zero-order chi connectivity index (χ0) is 17.0. The van der Waals surface area contributed by atoms with E-state index in [0.29, 0.717) is 23.6 Å². The van der Waals surface area contributed by atoms with Crippen molar-refractivity contribution in [3.05, 3.63) is 29.1 Å². The second kappa shape index (κ2) is 7.26. The Morgan fingerprint density at radius 1 is 1.48 bits per heavy atom. The van der Waals surface area contributed by atoms with Crippen LogP contribution >= 0.6 is 0 Å². The van der Waals surface area contributed by atoms with Gasteiger partial charge in [-0.15, -0.1) is 0 Å². The number of methoxy groups -OCH3 is 1. The largest absolute Gasteiger partial charge is 0.481 e. The van der Waals surface area contributed by atoms with Crippen molar-refractivity contribution in [1.82, 2.24) is 4.98 Å². The minimum Gasteiger partial charge on any atom is -0.481 e. The number of carboxylic acids is 1. The highest BCUT2D eigenvalue weighted by Crippen LogP contribution is 2.27. The smallest absolute Gasteiger partial charge is 0.333 e. The van der Waals surface area contributed by atoms with Crippen LogP contribution in [0.3, 0.4) is 0 Å². The van der Waals surface area contributed by atoms with Gasteiger partial charge in [0.05, 0.1) is 24.1 Å². The molecule has 1 saturated heterocycles. The van der Waals surface area contributed by atoms with Gasteiger partial charge in [0.2, 0.25) is 5.88 Å². The van der Waals surface area contributed by atoms with Gasteiger partial charge in [-0.25, -0.2) is 14.8 Å². The van der Waals surface area contributed by atoms with E-state index in [1.54, 1.807) is 14.0 Å². The Hall–Kier alpha value is -2.37. The van der Waals surface area contributed by atoms with Crippen molar-refractivity contribution >= 4 is 17.5 Å². The second-order valence-corrected chi connectivity index (χ2v) is 5.46. The number of hydrogen-bond donors (Lipinski definition) is 1. The van der Waals surface area contributed by atoms with Crippen LogP contribution in [0.1, 0.15) is 38.8 Å². The molecule has 1 N–H and O–H groups in total. The van der Waals surface area contributed by atoms with E-state index < -0.39 is 5.97 Å². The first-order valence-electron chi connectivity index (χ1n) is 7.77. The van der Waals surface area contributed by atoms with Crippen molar-refractivity contribution in [3.63, 3.8) is 0 Å². The number of nitrogens with zero attached hydrogens (tertiary/aromatic N) is 3. The number of rotatable bonds is 5. The summed E-state index contributed by atoms with van der Waals surface area (Å²) in [5.41, 5.74) is 2.78. The number of carboxylic acid groups (broad SMARTS) is 1. The SMILES string of the molecule is CC/C(C(=O)O)=C(\C)N=C1CCCN1c1ccc(OC)nc1C. The van der Waals surface area contributed by atoms with Crippen LogP contribution in [0.5, 0.6) is 5.88 Å². The molecular weight excluding hydrogens is 294 g/mol. The normalized spacial score (nSPS) is 17.4. The number of aryl methyl sites for hydroxylation is 1. The molecule has 0 bridgehead atoms. The van der Waals surface area contributed by atoms with Gasteiger partial charge >= 0.3 is 5.97 Å². The van der Waals surface area contributed by atoms with Crippen LogP contribution in [0.15, 0.2) is 28.4 Å². The highest BCUT2D eigenvalue weighted by Gasteiger charge is 2.23. The molecule has 1 aliphatic rings. The Balaban J connectivity index is 2.37. The fourth-order valence-corrected chi connectivity index (χ4v) is 2.79. The van der Waals surface area contributed by atoms with E-state index in [1.807, 2.05) is 26.0 Å². The van der Waals surface area contributed by atoms with Crippen molar-refractivity contribution in [2.45, 2.75) is 40.0 Å². The summed E-state index contributed by atoms with van der Waals surface area (Å²) in [6.07, 6.45) is 2.28. The summed E-state index contributed by atoms with van der Waals surface area (Å²) in [4.78, 5) is 22.4. The maximum Gasteiger partial charge on any atom is 0.333 e. The molecule has 0 saturated carbocycles. The summed E-state index contributed by atoms with van der Waals surface area (Å²) in [7, 11) is 1.59. The van der Waals surface area contributed by atoms with Gasteiger partial charge in [0.25, 0.3) is 0 Å². The van der Waals surface area contributed by atoms with Crippen LogP contribution in [0.2, 0.25) is 0 Å². The maximum atomic E-state index is 11.3. The molecule has 0 aliphatic carbocycles. The molecule has 1 aromatic rings. The van der Waals surface area contributed by atoms with Gasteiger partial charge in [0.15, 0.2) is 0 Å². The molecule has 1 aliphatic heterocycles. The molecule has 124 valence electrons. The molecule has 0 aromatic carbocycles. The summed E-state index contributed by atoms with van der Waals surface area (Å²) in [6, 6.07) is 3.80. The minimum atomic E-state index is -0.902. The number of amidine groups is 1. The van der Waals surface area contributed by atoms with E-state index >= 15 is 0 Å². The van der Waals surface area contributed by atoms with Crippen molar-refractivity contribution in [2.75, 3.05) is 18.6 Å². The fourth-order valence-electron chi connectivity index (χ4n) is 2.79. The summed E-state index contributed by atoms with van der Waals surface area (Å²) in [5, 5.41) is 9.24. The number of carbonyl (C=O) groups is 1. The Bertz CT molecular complexity index is 665. The molecule has 23 heavy (non-hydrogen) atoms. The predicted molar refractivity (Wildman–Crippen MR) is 90.2 cm³/mol. The summed E-state index contributed by atoms with van der Waals surface area (Å²) < 4.78 is 5.14. The number of ether oxygens (including phenoxy) is 1. The van der Waals surface area contributed by atoms with Crippen molar-refractivity contribution in [3.8, 4) is 5.88 Å². The van der Waals surface area contributed by atoms with Crippen LogP contribution in [-0.4, -0.2) is 35.5 Å². The third kappa shape index (κ3) is 3.70. The highest BCUT2D eigenvalue weighted by molar-refractivity contribution is 6.01. The Kier molecular flexibility index (Phi) is 5.36. The minimum absolute atomic E-state index is 0.355. The molecule has 0 atom stereocenters. The molecule has 0 amide bonds. The van der Waals surface area contributed by atoms with Crippen LogP contribution in [-0.2, 0) is 4.79 Å². The van der Waals surface area contributed by atoms with Gasteiger partial charge in [-0.2, -0.15) is 0 Å². The second-order valence-electron chi connectivity index (χ2n) is 5.46. The quantitative estimate of drug-likeness (QED) is 0.844. The summed E-state index contributed by atoms with van der Waals surface area (Å²) >= 11 is 0. The van der Waals surface area contributed by atoms with Crippen molar-refractivity contribution in [1.29, 1.82) is 0 Å². The van der Waals surface area contributed by atoms with E-state index in [2.05, 4.69) is 14.9 Å². The first-order valence-corrected chi connectivity index (χ1v) is 7.77. The molecule has 1 aromatic heterocycles. The van der Waals surface area contributed by atoms with Crippen molar-refractivity contribution < 1.29 is 14.6 Å². The van der Waals surface area contributed by atoms with Gasteiger partial charge < -0.3 is 14.7 Å². The Morgan fingerprint density at radius 2 is 2.22 bits per heavy atom. The maximum absolute atomic E-state index is 11.3. The third-order valence-electron chi connectivity index (χ3n) is 3.97. The topological polar surface area (TPSA) is 75.0 Å². The Labute approximate surface area is 136 Å². The van der Waals surface area contributed by atoms with Gasteiger partial charge in [-0.1, -0.05) is 6.92 Å². The molecule has 0 radical (unpaired) electrons.